The van der Waals surface area contributed by atoms with Crippen LogP contribution in [-0.4, -0.2) is 12.9 Å². The van der Waals surface area contributed by atoms with Gasteiger partial charge in [0.05, 0.1) is 13.2 Å². The van der Waals surface area contributed by atoms with E-state index < -0.39 is 0 Å². The molecule has 28 heavy (non-hydrogen) atoms. The number of anilines is 1. The third-order valence-corrected chi connectivity index (χ3v) is 5.31. The summed E-state index contributed by atoms with van der Waals surface area (Å²) in [6.45, 7) is 2.14. The average molecular weight is 438 g/mol. The Labute approximate surface area is 174 Å². The van der Waals surface area contributed by atoms with Crippen molar-refractivity contribution < 1.29 is 9.53 Å². The molecule has 0 amide bonds. The van der Waals surface area contributed by atoms with E-state index in [9.17, 15) is 4.79 Å². The van der Waals surface area contributed by atoms with Crippen LogP contribution < -0.4 is 10.1 Å². The molecule has 3 aromatic rings. The second-order valence-corrected chi connectivity index (χ2v) is 7.57. The van der Waals surface area contributed by atoms with Gasteiger partial charge in [0.15, 0.2) is 5.78 Å². The lowest BCUT2D eigenvalue weighted by molar-refractivity contribution is 0.0976. The van der Waals surface area contributed by atoms with Crippen LogP contribution in [-0.2, 0) is 6.42 Å². The zero-order chi connectivity index (χ0) is 19.9. The van der Waals surface area contributed by atoms with E-state index in [1.807, 2.05) is 48.5 Å². The van der Waals surface area contributed by atoms with E-state index in [-0.39, 0.29) is 11.8 Å². The van der Waals surface area contributed by atoms with Crippen LogP contribution >= 0.6 is 15.9 Å². The molecule has 0 saturated heterocycles. The molecule has 0 radical (unpaired) electrons. The molecule has 1 atom stereocenters. The van der Waals surface area contributed by atoms with E-state index in [0.717, 1.165) is 27.9 Å². The van der Waals surface area contributed by atoms with Gasteiger partial charge in [-0.15, -0.1) is 0 Å². The number of ketones is 1. The number of halogens is 1. The van der Waals surface area contributed by atoms with Gasteiger partial charge in [-0.25, -0.2) is 0 Å². The van der Waals surface area contributed by atoms with Crippen LogP contribution in [0.4, 0.5) is 5.69 Å². The lowest BCUT2D eigenvalue weighted by Gasteiger charge is -2.20. The number of ether oxygens (including phenoxy) is 1. The molecule has 144 valence electrons. The minimum atomic E-state index is -0.130. The van der Waals surface area contributed by atoms with Gasteiger partial charge in [-0.3, -0.25) is 4.79 Å². The average Bonchev–Trinajstić information content (AvgIpc) is 2.74. The number of hydrogen-bond donors (Lipinski definition) is 1. The van der Waals surface area contributed by atoms with Crippen molar-refractivity contribution in [1.82, 2.24) is 0 Å². The molecule has 0 aliphatic carbocycles. The standard InChI is InChI=1S/C24H24BrNO2/c1-3-17-4-12-21(13-5-17)26-23(18-8-14-22(28-2)15-9-18)16-24(27)19-6-10-20(25)11-7-19/h4-15,23,26H,3,16H2,1-2H3. The lowest BCUT2D eigenvalue weighted by Crippen LogP contribution is -2.16. The highest BCUT2D eigenvalue weighted by atomic mass is 79.9. The third-order valence-electron chi connectivity index (χ3n) is 4.78. The Morgan fingerprint density at radius 2 is 1.61 bits per heavy atom. The van der Waals surface area contributed by atoms with Crippen LogP contribution in [0.15, 0.2) is 77.3 Å². The number of methoxy groups -OCH3 is 1. The van der Waals surface area contributed by atoms with Gasteiger partial charge >= 0.3 is 0 Å². The summed E-state index contributed by atoms with van der Waals surface area (Å²) in [5, 5.41) is 3.53. The van der Waals surface area contributed by atoms with Gasteiger partial charge in [-0.05, 0) is 53.9 Å². The zero-order valence-corrected chi connectivity index (χ0v) is 17.7. The highest BCUT2D eigenvalue weighted by Crippen LogP contribution is 2.27. The van der Waals surface area contributed by atoms with E-state index in [0.29, 0.717) is 12.0 Å². The number of hydrogen-bond acceptors (Lipinski definition) is 3. The van der Waals surface area contributed by atoms with E-state index >= 15 is 0 Å². The molecule has 3 nitrogen and oxygen atoms in total. The Morgan fingerprint density at radius 3 is 2.18 bits per heavy atom. The first-order chi connectivity index (χ1) is 13.6. The summed E-state index contributed by atoms with van der Waals surface area (Å²) in [5.41, 5.74) is 4.05. The SMILES string of the molecule is CCc1ccc(NC(CC(=O)c2ccc(Br)cc2)c2ccc(OC)cc2)cc1. The number of Topliss-reactive ketones (excluding diaryl/α,β-unsaturated/α-hetero) is 1. The molecular formula is C24H24BrNO2. The predicted molar refractivity (Wildman–Crippen MR) is 118 cm³/mol. The van der Waals surface area contributed by atoms with Gasteiger partial charge < -0.3 is 10.1 Å². The maximum absolute atomic E-state index is 12.9. The molecule has 0 bridgehead atoms. The molecule has 0 aliphatic heterocycles. The van der Waals surface area contributed by atoms with E-state index in [1.165, 1.54) is 5.56 Å². The second-order valence-electron chi connectivity index (χ2n) is 6.65. The minimum Gasteiger partial charge on any atom is -0.497 e. The molecule has 0 heterocycles. The molecule has 3 aromatic carbocycles. The third kappa shape index (κ3) is 5.23. The van der Waals surface area contributed by atoms with E-state index in [2.05, 4.69) is 52.4 Å². The van der Waals surface area contributed by atoms with Gasteiger partial charge in [0.2, 0.25) is 0 Å². The van der Waals surface area contributed by atoms with Crippen LogP contribution in [0, 0.1) is 0 Å². The first kappa shape index (κ1) is 20.2. The van der Waals surface area contributed by atoms with Crippen LogP contribution in [0.3, 0.4) is 0 Å². The van der Waals surface area contributed by atoms with Gasteiger partial charge in [0, 0.05) is 22.1 Å². The molecule has 0 saturated carbocycles. The predicted octanol–water partition coefficient (Wildman–Crippen LogP) is 6.45. The fourth-order valence-corrected chi connectivity index (χ4v) is 3.33. The van der Waals surface area contributed by atoms with Crippen molar-refractivity contribution in [2.24, 2.45) is 0 Å². The largest absolute Gasteiger partial charge is 0.497 e. The second kappa shape index (κ2) is 9.56. The smallest absolute Gasteiger partial charge is 0.165 e. The van der Waals surface area contributed by atoms with E-state index in [1.54, 1.807) is 7.11 Å². The Balaban J connectivity index is 1.83. The number of carbonyl (C=O) groups excluding carboxylic acids is 1. The van der Waals surface area contributed by atoms with Gasteiger partial charge in [-0.1, -0.05) is 59.3 Å². The van der Waals surface area contributed by atoms with Crippen molar-refractivity contribution in [3.63, 3.8) is 0 Å². The lowest BCUT2D eigenvalue weighted by atomic mass is 9.97. The van der Waals surface area contributed by atoms with Crippen LogP contribution in [0.2, 0.25) is 0 Å². The van der Waals surface area contributed by atoms with Crippen molar-refractivity contribution in [3.8, 4) is 5.75 Å². The maximum atomic E-state index is 12.9. The highest BCUT2D eigenvalue weighted by molar-refractivity contribution is 9.10. The fraction of sp³-hybridized carbons (Fsp3) is 0.208. The number of nitrogens with one attached hydrogen (secondary N) is 1. The van der Waals surface area contributed by atoms with Crippen LogP contribution in [0.1, 0.15) is 40.9 Å². The van der Waals surface area contributed by atoms with Gasteiger partial charge in [0.1, 0.15) is 5.75 Å². The monoisotopic (exact) mass is 437 g/mol. The summed E-state index contributed by atoms with van der Waals surface area (Å²) in [6, 6.07) is 23.6. The van der Waals surface area contributed by atoms with Crippen LogP contribution in [0.5, 0.6) is 5.75 Å². The first-order valence-corrected chi connectivity index (χ1v) is 10.2. The molecule has 1 N–H and O–H groups in total. The Kier molecular flexibility index (Phi) is 6.88. The highest BCUT2D eigenvalue weighted by Gasteiger charge is 2.18. The van der Waals surface area contributed by atoms with Crippen LogP contribution in [0.25, 0.3) is 0 Å². The normalized spacial score (nSPS) is 11.7. The molecular weight excluding hydrogens is 414 g/mol. The summed E-state index contributed by atoms with van der Waals surface area (Å²) in [6.07, 6.45) is 1.37. The molecule has 0 spiro atoms. The zero-order valence-electron chi connectivity index (χ0n) is 16.1. The summed E-state index contributed by atoms with van der Waals surface area (Å²) in [7, 11) is 1.65. The molecule has 1 unspecified atom stereocenters. The minimum absolute atomic E-state index is 0.103. The molecule has 3 rings (SSSR count). The number of rotatable bonds is 8. The van der Waals surface area contributed by atoms with Crippen molar-refractivity contribution >= 4 is 27.4 Å². The molecule has 0 aliphatic rings. The molecule has 0 fully saturated rings. The summed E-state index contributed by atoms with van der Waals surface area (Å²) < 4.78 is 6.23. The van der Waals surface area contributed by atoms with E-state index in [4.69, 9.17) is 4.74 Å². The Morgan fingerprint density at radius 1 is 0.964 bits per heavy atom. The molecule has 4 heteroatoms. The summed E-state index contributed by atoms with van der Waals surface area (Å²) in [4.78, 5) is 12.9. The van der Waals surface area contributed by atoms with Crippen molar-refractivity contribution in [1.29, 1.82) is 0 Å². The van der Waals surface area contributed by atoms with Crippen molar-refractivity contribution in [2.75, 3.05) is 12.4 Å². The summed E-state index contributed by atoms with van der Waals surface area (Å²) in [5.74, 6) is 0.903. The topological polar surface area (TPSA) is 38.3 Å². The van der Waals surface area contributed by atoms with Gasteiger partial charge in [-0.2, -0.15) is 0 Å². The first-order valence-electron chi connectivity index (χ1n) is 9.37. The molecule has 0 aromatic heterocycles. The number of aryl methyl sites for hydroxylation is 1. The quantitative estimate of drug-likeness (QED) is 0.411. The number of carbonyl (C=O) groups is 1. The number of benzene rings is 3. The van der Waals surface area contributed by atoms with Crippen molar-refractivity contribution in [2.45, 2.75) is 25.8 Å². The fourth-order valence-electron chi connectivity index (χ4n) is 3.07. The Bertz CT molecular complexity index is 903. The Hall–Kier alpha value is -2.59. The van der Waals surface area contributed by atoms with Gasteiger partial charge in [0.25, 0.3) is 0 Å². The maximum Gasteiger partial charge on any atom is 0.165 e. The van der Waals surface area contributed by atoms with Crippen molar-refractivity contribution in [3.05, 3.63) is 94.0 Å². The summed E-state index contributed by atoms with van der Waals surface area (Å²) >= 11 is 3.42.